The first-order chi connectivity index (χ1) is 11.2. The van der Waals surface area contributed by atoms with Crippen LogP contribution in [0, 0.1) is 0 Å². The second-order valence-electron chi connectivity index (χ2n) is 5.24. The van der Waals surface area contributed by atoms with Crippen molar-refractivity contribution in [3.8, 4) is 5.75 Å². The van der Waals surface area contributed by atoms with Crippen LogP contribution in [-0.4, -0.2) is 43.9 Å². The number of halogens is 3. The number of hydrogen-bond acceptors (Lipinski definition) is 5. The van der Waals surface area contributed by atoms with E-state index in [0.717, 1.165) is 31.2 Å². The minimum atomic E-state index is -4.88. The number of nitrogens with one attached hydrogen (secondary N) is 3. The predicted molar refractivity (Wildman–Crippen MR) is 79.3 cm³/mol. The van der Waals surface area contributed by atoms with Gasteiger partial charge in [0.25, 0.3) is 5.91 Å². The molecule has 1 aliphatic rings. The van der Waals surface area contributed by atoms with Crippen molar-refractivity contribution in [2.75, 3.05) is 25.4 Å². The van der Waals surface area contributed by atoms with Crippen LogP contribution in [0.4, 0.5) is 18.9 Å². The molecule has 132 valence electrons. The van der Waals surface area contributed by atoms with Gasteiger partial charge in [-0.25, -0.2) is 0 Å². The molecule has 7 nitrogen and oxygen atoms in total. The van der Waals surface area contributed by atoms with Gasteiger partial charge >= 0.3 is 6.36 Å². The number of rotatable bonds is 5. The summed E-state index contributed by atoms with van der Waals surface area (Å²) >= 11 is 0. The maximum atomic E-state index is 12.2. The molecule has 0 saturated carbocycles. The molecule has 1 heterocycles. The van der Waals surface area contributed by atoms with E-state index in [-0.39, 0.29) is 23.8 Å². The molecule has 0 bridgehead atoms. The Morgan fingerprint density at radius 2 is 2.12 bits per heavy atom. The van der Waals surface area contributed by atoms with Crippen molar-refractivity contribution in [1.29, 1.82) is 0 Å². The third kappa shape index (κ3) is 5.30. The maximum Gasteiger partial charge on any atom is 0.573 e. The number of alkyl halides is 3. The van der Waals surface area contributed by atoms with Gasteiger partial charge in [0, 0.05) is 18.3 Å². The molecule has 1 aromatic carbocycles. The lowest BCUT2D eigenvalue weighted by Gasteiger charge is -2.13. The van der Waals surface area contributed by atoms with E-state index >= 15 is 0 Å². The summed E-state index contributed by atoms with van der Waals surface area (Å²) in [5.74, 6) is -1.72. The average molecular weight is 346 g/mol. The summed E-state index contributed by atoms with van der Waals surface area (Å²) in [6, 6.07) is 3.00. The minimum absolute atomic E-state index is 0.00276. The molecule has 1 saturated heterocycles. The van der Waals surface area contributed by atoms with E-state index in [1.165, 1.54) is 0 Å². The monoisotopic (exact) mass is 346 g/mol. The normalized spacial score (nSPS) is 17.4. The van der Waals surface area contributed by atoms with Gasteiger partial charge in [-0.2, -0.15) is 0 Å². The quantitative estimate of drug-likeness (QED) is 0.577. The number of benzene rings is 1. The lowest BCUT2D eigenvalue weighted by Crippen LogP contribution is -2.42. The maximum absolute atomic E-state index is 12.2. The van der Waals surface area contributed by atoms with Gasteiger partial charge in [0.2, 0.25) is 5.91 Å². The molecule has 1 atom stereocenters. The zero-order valence-electron chi connectivity index (χ0n) is 12.6. The Bertz CT molecular complexity index is 616. The smallest absolute Gasteiger partial charge is 0.406 e. The standard InChI is InChI=1S/C14H17F3N4O3/c15-14(16,17)24-9-1-2-11(18)10(5-9)13(23)20-7-12(22)21-8-3-4-19-6-8/h1-2,5,8,19H,3-4,6-7,18H2,(H,20,23)(H,21,22)/t8-/m1/s1. The van der Waals surface area contributed by atoms with E-state index in [9.17, 15) is 22.8 Å². The summed E-state index contributed by atoms with van der Waals surface area (Å²) in [5, 5.41) is 8.11. The zero-order chi connectivity index (χ0) is 17.7. The first kappa shape index (κ1) is 17.9. The number of hydrogen-bond donors (Lipinski definition) is 4. The van der Waals surface area contributed by atoms with E-state index in [0.29, 0.717) is 6.54 Å². The van der Waals surface area contributed by atoms with Crippen molar-refractivity contribution in [1.82, 2.24) is 16.0 Å². The SMILES string of the molecule is Nc1ccc(OC(F)(F)F)cc1C(=O)NCC(=O)N[C@@H]1CCNC1. The van der Waals surface area contributed by atoms with E-state index in [4.69, 9.17) is 5.73 Å². The Balaban J connectivity index is 1.93. The van der Waals surface area contributed by atoms with Crippen LogP contribution in [0.5, 0.6) is 5.75 Å². The number of anilines is 1. The van der Waals surface area contributed by atoms with Crippen molar-refractivity contribution < 1.29 is 27.5 Å². The van der Waals surface area contributed by atoms with Crippen LogP contribution in [0.3, 0.4) is 0 Å². The molecule has 0 unspecified atom stereocenters. The molecule has 2 rings (SSSR count). The fourth-order valence-corrected chi connectivity index (χ4v) is 2.24. The number of amides is 2. The number of nitrogen functional groups attached to an aromatic ring is 1. The molecule has 0 radical (unpaired) electrons. The molecule has 5 N–H and O–H groups in total. The van der Waals surface area contributed by atoms with Gasteiger partial charge in [-0.15, -0.1) is 13.2 Å². The summed E-state index contributed by atoms with van der Waals surface area (Å²) in [6.45, 7) is 1.16. The van der Waals surface area contributed by atoms with Crippen LogP contribution >= 0.6 is 0 Å². The first-order valence-corrected chi connectivity index (χ1v) is 7.18. The van der Waals surface area contributed by atoms with Crippen molar-refractivity contribution in [3.05, 3.63) is 23.8 Å². The van der Waals surface area contributed by atoms with Crippen molar-refractivity contribution >= 4 is 17.5 Å². The van der Waals surface area contributed by atoms with Gasteiger partial charge in [0.05, 0.1) is 12.1 Å². The Kier molecular flexibility index (Phi) is 5.50. The van der Waals surface area contributed by atoms with Crippen molar-refractivity contribution in [3.63, 3.8) is 0 Å². The molecule has 10 heteroatoms. The highest BCUT2D eigenvalue weighted by atomic mass is 19.4. The van der Waals surface area contributed by atoms with Crippen LogP contribution < -0.4 is 26.4 Å². The van der Waals surface area contributed by atoms with Gasteiger partial charge in [0.1, 0.15) is 5.75 Å². The van der Waals surface area contributed by atoms with Gasteiger partial charge < -0.3 is 26.4 Å². The van der Waals surface area contributed by atoms with Gasteiger partial charge in [-0.3, -0.25) is 9.59 Å². The summed E-state index contributed by atoms with van der Waals surface area (Å²) in [6.07, 6.45) is -4.08. The number of ether oxygens (including phenoxy) is 1. The molecule has 1 fully saturated rings. The van der Waals surface area contributed by atoms with E-state index in [1.54, 1.807) is 0 Å². The first-order valence-electron chi connectivity index (χ1n) is 7.18. The molecule has 24 heavy (non-hydrogen) atoms. The van der Waals surface area contributed by atoms with Crippen LogP contribution in [0.15, 0.2) is 18.2 Å². The van der Waals surface area contributed by atoms with Crippen molar-refractivity contribution in [2.45, 2.75) is 18.8 Å². The minimum Gasteiger partial charge on any atom is -0.406 e. The molecule has 0 spiro atoms. The summed E-state index contributed by atoms with van der Waals surface area (Å²) in [5.41, 5.74) is 5.36. The van der Waals surface area contributed by atoms with Gasteiger partial charge in [-0.1, -0.05) is 0 Å². The largest absolute Gasteiger partial charge is 0.573 e. The second-order valence-corrected chi connectivity index (χ2v) is 5.24. The summed E-state index contributed by atoms with van der Waals surface area (Å²) in [4.78, 5) is 23.7. The van der Waals surface area contributed by atoms with Gasteiger partial charge in [-0.05, 0) is 31.2 Å². The van der Waals surface area contributed by atoms with Crippen molar-refractivity contribution in [2.24, 2.45) is 0 Å². The second kappa shape index (κ2) is 7.39. The van der Waals surface area contributed by atoms with Crippen LogP contribution in [0.1, 0.15) is 16.8 Å². The summed E-state index contributed by atoms with van der Waals surface area (Å²) < 4.78 is 40.4. The number of nitrogens with two attached hydrogens (primary N) is 1. The average Bonchev–Trinajstić information content (AvgIpc) is 2.98. The molecule has 0 aliphatic carbocycles. The fraction of sp³-hybridized carbons (Fsp3) is 0.429. The highest BCUT2D eigenvalue weighted by molar-refractivity contribution is 6.01. The predicted octanol–water partition coefficient (Wildman–Crippen LogP) is 0.375. The molecular formula is C14H17F3N4O3. The molecule has 1 aliphatic heterocycles. The lowest BCUT2D eigenvalue weighted by atomic mass is 10.1. The van der Waals surface area contributed by atoms with E-state index in [1.807, 2.05) is 0 Å². The number of carbonyl (C=O) groups excluding carboxylic acids is 2. The zero-order valence-corrected chi connectivity index (χ0v) is 12.6. The summed E-state index contributed by atoms with van der Waals surface area (Å²) in [7, 11) is 0. The molecule has 1 aromatic rings. The molecule has 2 amide bonds. The highest BCUT2D eigenvalue weighted by Gasteiger charge is 2.31. The van der Waals surface area contributed by atoms with Crippen LogP contribution in [0.25, 0.3) is 0 Å². The Labute approximate surface area is 135 Å². The van der Waals surface area contributed by atoms with Crippen LogP contribution in [0.2, 0.25) is 0 Å². The van der Waals surface area contributed by atoms with E-state index < -0.39 is 23.9 Å². The molecular weight excluding hydrogens is 329 g/mol. The number of carbonyl (C=O) groups is 2. The topological polar surface area (TPSA) is 105 Å². The Morgan fingerprint density at radius 1 is 1.38 bits per heavy atom. The van der Waals surface area contributed by atoms with Crippen LogP contribution in [-0.2, 0) is 4.79 Å². The van der Waals surface area contributed by atoms with E-state index in [2.05, 4.69) is 20.7 Å². The third-order valence-electron chi connectivity index (χ3n) is 3.34. The molecule has 0 aromatic heterocycles. The Hall–Kier alpha value is -2.49. The lowest BCUT2D eigenvalue weighted by molar-refractivity contribution is -0.274. The highest BCUT2D eigenvalue weighted by Crippen LogP contribution is 2.25. The fourth-order valence-electron chi connectivity index (χ4n) is 2.24. The third-order valence-corrected chi connectivity index (χ3v) is 3.34. The van der Waals surface area contributed by atoms with Gasteiger partial charge in [0.15, 0.2) is 0 Å². The Morgan fingerprint density at radius 3 is 2.75 bits per heavy atom.